The number of hydrogen-bond donors (Lipinski definition) is 2. The lowest BCUT2D eigenvalue weighted by Gasteiger charge is -2.36. The number of carbonyl (C=O) groups is 3. The molecular formula is C15H18N4O3. The molecule has 4 amide bonds. The van der Waals surface area contributed by atoms with Crippen LogP contribution in [0, 0.1) is 0 Å². The molecule has 0 aromatic heterocycles. The maximum atomic E-state index is 12.2. The van der Waals surface area contributed by atoms with Crippen LogP contribution in [0.4, 0.5) is 10.5 Å². The van der Waals surface area contributed by atoms with Gasteiger partial charge in [-0.15, -0.1) is 0 Å². The third-order valence-corrected chi connectivity index (χ3v) is 3.99. The Morgan fingerprint density at radius 2 is 1.77 bits per heavy atom. The molecule has 1 unspecified atom stereocenters. The van der Waals surface area contributed by atoms with E-state index < -0.39 is 18.0 Å². The van der Waals surface area contributed by atoms with Crippen molar-refractivity contribution in [3.05, 3.63) is 30.3 Å². The predicted octanol–water partition coefficient (Wildman–Crippen LogP) is -0.0667. The summed E-state index contributed by atoms with van der Waals surface area (Å²) in [6.07, 6.45) is 0.0168. The molecule has 7 heteroatoms. The highest BCUT2D eigenvalue weighted by atomic mass is 16.2. The van der Waals surface area contributed by atoms with E-state index in [2.05, 4.69) is 27.7 Å². The second-order valence-corrected chi connectivity index (χ2v) is 5.42. The van der Waals surface area contributed by atoms with Gasteiger partial charge < -0.3 is 15.1 Å². The maximum Gasteiger partial charge on any atom is 0.322 e. The summed E-state index contributed by atoms with van der Waals surface area (Å²) >= 11 is 0. The van der Waals surface area contributed by atoms with Gasteiger partial charge in [-0.1, -0.05) is 18.2 Å². The number of piperazine rings is 1. The standard InChI is InChI=1S/C15H18N4O3/c20-13(10-12-14(21)17-15(22)16-12)19-8-6-18(7-9-19)11-4-2-1-3-5-11/h1-5,12H,6-10H2,(H2,16,17,21,22). The molecule has 2 aliphatic rings. The van der Waals surface area contributed by atoms with Gasteiger partial charge in [0, 0.05) is 31.9 Å². The van der Waals surface area contributed by atoms with E-state index in [0.29, 0.717) is 13.1 Å². The quantitative estimate of drug-likeness (QED) is 0.766. The Bertz CT molecular complexity index is 582. The summed E-state index contributed by atoms with van der Waals surface area (Å²) in [6.45, 7) is 2.77. The molecule has 1 atom stereocenters. The summed E-state index contributed by atoms with van der Waals surface area (Å²) < 4.78 is 0. The van der Waals surface area contributed by atoms with E-state index in [-0.39, 0.29) is 12.3 Å². The van der Waals surface area contributed by atoms with Crippen molar-refractivity contribution in [2.75, 3.05) is 31.1 Å². The lowest BCUT2D eigenvalue weighted by molar-refractivity contribution is -0.134. The first-order valence-electron chi connectivity index (χ1n) is 7.32. The molecule has 1 aromatic rings. The number of nitrogens with zero attached hydrogens (tertiary/aromatic N) is 2. The van der Waals surface area contributed by atoms with Crippen molar-refractivity contribution in [2.24, 2.45) is 0 Å². The molecule has 3 rings (SSSR count). The second-order valence-electron chi connectivity index (χ2n) is 5.42. The fraction of sp³-hybridized carbons (Fsp3) is 0.400. The van der Waals surface area contributed by atoms with E-state index in [1.807, 2.05) is 18.2 Å². The highest BCUT2D eigenvalue weighted by Gasteiger charge is 2.33. The summed E-state index contributed by atoms with van der Waals surface area (Å²) in [4.78, 5) is 38.7. The van der Waals surface area contributed by atoms with Crippen molar-refractivity contribution < 1.29 is 14.4 Å². The van der Waals surface area contributed by atoms with Gasteiger partial charge in [0.05, 0.1) is 6.42 Å². The molecule has 7 nitrogen and oxygen atoms in total. The van der Waals surface area contributed by atoms with Crippen molar-refractivity contribution in [3.8, 4) is 0 Å². The van der Waals surface area contributed by atoms with E-state index in [9.17, 15) is 14.4 Å². The minimum atomic E-state index is -0.743. The van der Waals surface area contributed by atoms with Crippen molar-refractivity contribution >= 4 is 23.5 Å². The Hall–Kier alpha value is -2.57. The number of carbonyl (C=O) groups excluding carboxylic acids is 3. The maximum absolute atomic E-state index is 12.2. The highest BCUT2D eigenvalue weighted by molar-refractivity contribution is 6.05. The van der Waals surface area contributed by atoms with Crippen molar-refractivity contribution in [1.29, 1.82) is 0 Å². The van der Waals surface area contributed by atoms with Crippen LogP contribution in [-0.2, 0) is 9.59 Å². The van der Waals surface area contributed by atoms with Crippen LogP contribution in [0.3, 0.4) is 0 Å². The normalized spacial score (nSPS) is 21.5. The van der Waals surface area contributed by atoms with Gasteiger partial charge in [0.25, 0.3) is 5.91 Å². The Balaban J connectivity index is 1.52. The molecule has 0 bridgehead atoms. The van der Waals surface area contributed by atoms with Crippen LogP contribution in [0.25, 0.3) is 0 Å². The number of amides is 4. The van der Waals surface area contributed by atoms with Gasteiger partial charge in [0.15, 0.2) is 0 Å². The summed E-state index contributed by atoms with van der Waals surface area (Å²) in [6, 6.07) is 8.79. The van der Waals surface area contributed by atoms with Gasteiger partial charge in [-0.2, -0.15) is 0 Å². The van der Waals surface area contributed by atoms with E-state index in [0.717, 1.165) is 18.8 Å². The molecule has 2 N–H and O–H groups in total. The lowest BCUT2D eigenvalue weighted by atomic mass is 10.1. The zero-order chi connectivity index (χ0) is 15.5. The van der Waals surface area contributed by atoms with Crippen LogP contribution in [0.5, 0.6) is 0 Å². The summed E-state index contributed by atoms with van der Waals surface area (Å²) in [7, 11) is 0. The Labute approximate surface area is 128 Å². The van der Waals surface area contributed by atoms with Crippen LogP contribution in [0.2, 0.25) is 0 Å². The van der Waals surface area contributed by atoms with Crippen molar-refractivity contribution in [2.45, 2.75) is 12.5 Å². The Kier molecular flexibility index (Phi) is 3.95. The molecule has 116 valence electrons. The van der Waals surface area contributed by atoms with Gasteiger partial charge in [-0.05, 0) is 12.1 Å². The number of imide groups is 1. The number of anilines is 1. The van der Waals surface area contributed by atoms with Crippen LogP contribution in [-0.4, -0.2) is 55.0 Å². The first-order chi connectivity index (χ1) is 10.6. The fourth-order valence-electron chi connectivity index (χ4n) is 2.76. The van der Waals surface area contributed by atoms with Gasteiger partial charge in [-0.25, -0.2) is 4.79 Å². The van der Waals surface area contributed by atoms with E-state index in [1.165, 1.54) is 0 Å². The van der Waals surface area contributed by atoms with E-state index in [4.69, 9.17) is 0 Å². The first kappa shape index (κ1) is 14.4. The van der Waals surface area contributed by atoms with Crippen LogP contribution in [0.1, 0.15) is 6.42 Å². The molecule has 1 aromatic carbocycles. The van der Waals surface area contributed by atoms with Gasteiger partial charge in [0.2, 0.25) is 5.91 Å². The van der Waals surface area contributed by atoms with Crippen LogP contribution >= 0.6 is 0 Å². The lowest BCUT2D eigenvalue weighted by Crippen LogP contribution is -2.50. The fourth-order valence-corrected chi connectivity index (χ4v) is 2.76. The van der Waals surface area contributed by atoms with Crippen molar-refractivity contribution in [1.82, 2.24) is 15.5 Å². The molecular weight excluding hydrogens is 284 g/mol. The van der Waals surface area contributed by atoms with Gasteiger partial charge >= 0.3 is 6.03 Å². The molecule has 2 aliphatic heterocycles. The number of para-hydroxylation sites is 1. The van der Waals surface area contributed by atoms with Crippen LogP contribution < -0.4 is 15.5 Å². The van der Waals surface area contributed by atoms with Gasteiger partial charge in [-0.3, -0.25) is 14.9 Å². The van der Waals surface area contributed by atoms with E-state index >= 15 is 0 Å². The topological polar surface area (TPSA) is 81.8 Å². The molecule has 2 heterocycles. The Morgan fingerprint density at radius 1 is 1.09 bits per heavy atom. The summed E-state index contributed by atoms with van der Waals surface area (Å²) in [5, 5.41) is 4.59. The predicted molar refractivity (Wildman–Crippen MR) is 80.3 cm³/mol. The SMILES string of the molecule is O=C1NC(=O)C(CC(=O)N2CCN(c3ccccc3)CC2)N1. The zero-order valence-corrected chi connectivity index (χ0v) is 12.1. The Morgan fingerprint density at radius 3 is 2.36 bits per heavy atom. The summed E-state index contributed by atoms with van der Waals surface area (Å²) in [5.74, 6) is -0.531. The van der Waals surface area contributed by atoms with Gasteiger partial charge in [0.1, 0.15) is 6.04 Å². The minimum absolute atomic E-state index is 0.0168. The largest absolute Gasteiger partial charge is 0.368 e. The zero-order valence-electron chi connectivity index (χ0n) is 12.1. The van der Waals surface area contributed by atoms with E-state index in [1.54, 1.807) is 4.90 Å². The monoisotopic (exact) mass is 302 g/mol. The number of benzene rings is 1. The summed E-state index contributed by atoms with van der Waals surface area (Å²) in [5.41, 5.74) is 1.15. The highest BCUT2D eigenvalue weighted by Crippen LogP contribution is 2.16. The number of rotatable bonds is 3. The smallest absolute Gasteiger partial charge is 0.322 e. The molecule has 2 saturated heterocycles. The number of nitrogens with one attached hydrogen (secondary N) is 2. The minimum Gasteiger partial charge on any atom is -0.368 e. The van der Waals surface area contributed by atoms with Crippen molar-refractivity contribution in [3.63, 3.8) is 0 Å². The first-order valence-corrected chi connectivity index (χ1v) is 7.32. The number of urea groups is 1. The molecule has 0 spiro atoms. The molecule has 0 aliphatic carbocycles. The number of hydrogen-bond acceptors (Lipinski definition) is 4. The average molecular weight is 302 g/mol. The molecule has 2 fully saturated rings. The molecule has 22 heavy (non-hydrogen) atoms. The average Bonchev–Trinajstić information content (AvgIpc) is 2.86. The van der Waals surface area contributed by atoms with Crippen LogP contribution in [0.15, 0.2) is 30.3 Å². The second kappa shape index (κ2) is 6.05. The third-order valence-electron chi connectivity index (χ3n) is 3.99. The third kappa shape index (κ3) is 3.03. The molecule has 0 radical (unpaired) electrons. The molecule has 0 saturated carbocycles.